The van der Waals surface area contributed by atoms with Gasteiger partial charge in [-0.1, -0.05) is 335 Å². The van der Waals surface area contributed by atoms with Crippen LogP contribution in [-0.2, 0) is 16.2 Å². The van der Waals surface area contributed by atoms with Crippen molar-refractivity contribution in [2.24, 2.45) is 5.92 Å². The summed E-state index contributed by atoms with van der Waals surface area (Å²) in [7, 11) is 0. The third kappa shape index (κ3) is 9.48. The molecule has 16 aromatic rings. The van der Waals surface area contributed by atoms with Crippen LogP contribution in [0.4, 0.5) is 0 Å². The van der Waals surface area contributed by atoms with Gasteiger partial charge in [0.25, 0.3) is 0 Å². The van der Waals surface area contributed by atoms with E-state index in [-0.39, 0.29) is 5.92 Å². The summed E-state index contributed by atoms with van der Waals surface area (Å²) < 4.78 is 14.4. The lowest BCUT2D eigenvalue weighted by molar-refractivity contribution is 0.409. The largest absolute Gasteiger partial charge is 0.456 e. The van der Waals surface area contributed by atoms with Crippen LogP contribution in [0.5, 0.6) is 23.0 Å². The monoisotopic (exact) mass is 1410 g/mol. The highest BCUT2D eigenvalue weighted by Gasteiger charge is 2.55. The number of ether oxygens (including phenoxy) is 2. The predicted molar refractivity (Wildman–Crippen MR) is 446 cm³/mol. The van der Waals surface area contributed by atoms with Crippen LogP contribution in [-0.4, -0.2) is 19.9 Å². The molecule has 0 saturated carbocycles. The van der Waals surface area contributed by atoms with Crippen molar-refractivity contribution >= 4 is 27.4 Å². The van der Waals surface area contributed by atoms with E-state index >= 15 is 0 Å². The highest BCUT2D eigenvalue weighted by Crippen LogP contribution is 2.66. The van der Waals surface area contributed by atoms with Gasteiger partial charge >= 0.3 is 0 Å². The molecule has 518 valence electrons. The fourth-order valence-corrected chi connectivity index (χ4v) is 19.3. The van der Waals surface area contributed by atoms with Crippen LogP contribution in [0, 0.1) is 5.92 Å². The van der Waals surface area contributed by atoms with Gasteiger partial charge in [-0.05, 0) is 133 Å². The zero-order valence-electron chi connectivity index (χ0n) is 60.6. The fraction of sp³-hybridized carbons (Fsp3) is 0.0769. The number of para-hydroxylation sites is 4. The molecule has 4 heterocycles. The molecule has 110 heavy (non-hydrogen) atoms. The van der Waals surface area contributed by atoms with Crippen molar-refractivity contribution in [1.29, 1.82) is 0 Å². The van der Waals surface area contributed by atoms with Gasteiger partial charge in [0.05, 0.1) is 33.3 Å². The van der Waals surface area contributed by atoms with E-state index in [9.17, 15) is 0 Å². The molecule has 0 bridgehead atoms. The van der Waals surface area contributed by atoms with E-state index in [2.05, 4.69) is 354 Å². The summed E-state index contributed by atoms with van der Waals surface area (Å²) in [5, 5.41) is 1.92. The number of rotatable bonds is 9. The van der Waals surface area contributed by atoms with Crippen molar-refractivity contribution in [3.63, 3.8) is 0 Å². The van der Waals surface area contributed by atoms with Crippen LogP contribution in [0.3, 0.4) is 0 Å². The third-order valence-corrected chi connectivity index (χ3v) is 24.4. The van der Waals surface area contributed by atoms with E-state index in [4.69, 9.17) is 29.4 Å². The summed E-state index contributed by atoms with van der Waals surface area (Å²) in [5.41, 5.74) is 29.7. The zero-order valence-corrected chi connectivity index (χ0v) is 60.6. The predicted octanol–water partition coefficient (Wildman–Crippen LogP) is 25.7. The van der Waals surface area contributed by atoms with Crippen molar-refractivity contribution in [3.8, 4) is 113 Å². The summed E-state index contributed by atoms with van der Waals surface area (Å²) in [6.45, 7) is 4.71. The quantitative estimate of drug-likeness (QED) is 0.143. The molecule has 6 aliphatic rings. The fourth-order valence-electron chi connectivity index (χ4n) is 19.3. The lowest BCUT2D eigenvalue weighted by Crippen LogP contribution is -2.35. The van der Waals surface area contributed by atoms with Crippen molar-refractivity contribution in [1.82, 2.24) is 19.9 Å². The molecule has 0 radical (unpaired) electrons. The molecule has 0 N–H and O–H groups in total. The molecular weight excluding hydrogens is 1340 g/mol. The Labute approximate surface area is 639 Å². The number of hydrogen-bond acceptors (Lipinski definition) is 6. The first kappa shape index (κ1) is 63.6. The Morgan fingerprint density at radius 1 is 0.327 bits per heavy atom. The molecule has 4 aliphatic carbocycles. The summed E-state index contributed by atoms with van der Waals surface area (Å²) in [5.74, 6) is 5.34. The van der Waals surface area contributed by atoms with Crippen molar-refractivity contribution in [2.45, 2.75) is 42.4 Å². The molecule has 0 amide bonds. The maximum absolute atomic E-state index is 7.31. The van der Waals surface area contributed by atoms with Crippen LogP contribution in [0.2, 0.25) is 0 Å². The average molecular weight is 1410 g/mol. The Hall–Kier alpha value is -13.7. The van der Waals surface area contributed by atoms with Crippen molar-refractivity contribution < 1.29 is 9.47 Å². The first-order valence-electron chi connectivity index (χ1n) is 38.2. The molecule has 0 saturated heterocycles. The van der Waals surface area contributed by atoms with Gasteiger partial charge in [-0.25, -0.2) is 19.9 Å². The maximum atomic E-state index is 7.31. The van der Waals surface area contributed by atoms with E-state index in [0.717, 1.165) is 135 Å². The number of allylic oxidation sites excluding steroid dienone is 8. The Morgan fingerprint density at radius 2 is 0.782 bits per heavy atom. The molecule has 2 aromatic heterocycles. The van der Waals surface area contributed by atoms with Crippen LogP contribution in [0.25, 0.3) is 117 Å². The molecule has 6 nitrogen and oxygen atoms in total. The molecule has 14 aromatic carbocycles. The SMILES string of the molecule is CC1C=CC2=C(C1)c1ccccc1C21c2ccccc2Oc2c1cccc2C1(C)C=CC=CC1c1ccc(-c2nc(-c3ccccc3)nc3cc(-c4ccc5c(-c6cccc(-c7ccc(-c8cccc9c8Oc8ccccc8C98c9ccccc9-c9ccccc98)cc7)c6)nc(-c6ccccc6)nc5c4)ccc23)cc1. The van der Waals surface area contributed by atoms with E-state index in [1.54, 1.807) is 0 Å². The summed E-state index contributed by atoms with van der Waals surface area (Å²) >= 11 is 0. The number of hydrogen-bond donors (Lipinski definition) is 0. The molecular formula is C104H70N4O2. The van der Waals surface area contributed by atoms with Gasteiger partial charge in [-0.2, -0.15) is 0 Å². The minimum Gasteiger partial charge on any atom is -0.456 e. The third-order valence-electron chi connectivity index (χ3n) is 24.4. The van der Waals surface area contributed by atoms with Crippen molar-refractivity contribution in [2.75, 3.05) is 0 Å². The minimum atomic E-state index is -0.542. The van der Waals surface area contributed by atoms with Crippen LogP contribution >= 0.6 is 0 Å². The molecule has 4 unspecified atom stereocenters. The molecule has 22 rings (SSSR count). The van der Waals surface area contributed by atoms with Gasteiger partial charge in [0.2, 0.25) is 0 Å². The highest BCUT2D eigenvalue weighted by molar-refractivity contribution is 6.00. The maximum Gasteiger partial charge on any atom is 0.160 e. The zero-order chi connectivity index (χ0) is 72.8. The Bertz CT molecular complexity index is 6620. The number of aromatic nitrogens is 4. The van der Waals surface area contributed by atoms with E-state index in [0.29, 0.717) is 17.6 Å². The molecule has 6 heteroatoms. The lowest BCUT2D eigenvalue weighted by Gasteiger charge is -2.44. The number of nitrogens with zero attached hydrogens (tertiary/aromatic N) is 4. The van der Waals surface area contributed by atoms with E-state index in [1.165, 1.54) is 61.2 Å². The second-order valence-electron chi connectivity index (χ2n) is 30.4. The number of benzene rings is 14. The van der Waals surface area contributed by atoms with Crippen LogP contribution in [0.15, 0.2) is 370 Å². The summed E-state index contributed by atoms with van der Waals surface area (Å²) in [4.78, 5) is 21.6. The minimum absolute atomic E-state index is 0.0229. The molecule has 4 atom stereocenters. The van der Waals surface area contributed by atoms with Crippen molar-refractivity contribution in [3.05, 3.63) is 425 Å². The lowest BCUT2D eigenvalue weighted by atomic mass is 9.61. The normalized spacial score (nSPS) is 18.2. The standard InChI is InChI=1S/C104H70N4O2/c1-64-45-58-86-81(60-64)78-32-11-14-37-85(78)104(86)88-39-16-18-44-95(88)110-99-89(40-23-42-91(99)104)102(2)59-20-19-34-82(102)67-50-52-68(53-51-67)96-79-56-54-72(62-92(79)105-100(107-96)69-24-5-3-6-25-69)73-55-57-80-93(63-73)106-101(70-26-7-4-8-27-70)108-97(80)74-29-21-28-71(61-74)65-46-48-66(49-47-65)75-33-22-41-90-98(75)109-94-43-17-15-38-87(94)103(90)83-35-12-9-30-76(83)77-31-10-13-36-84(77)103/h3-59,61-64,82H,60H2,1-2H3. The topological polar surface area (TPSA) is 70.0 Å². The Morgan fingerprint density at radius 3 is 1.43 bits per heavy atom. The van der Waals surface area contributed by atoms with Crippen LogP contribution in [0.1, 0.15) is 81.8 Å². The van der Waals surface area contributed by atoms with Gasteiger partial charge in [0.15, 0.2) is 11.6 Å². The average Bonchev–Trinajstić information content (AvgIpc) is 1.50. The Kier molecular flexibility index (Phi) is 14.3. The van der Waals surface area contributed by atoms with Gasteiger partial charge in [-0.3, -0.25) is 0 Å². The first-order chi connectivity index (χ1) is 54.3. The molecule has 2 spiro atoms. The van der Waals surface area contributed by atoms with Gasteiger partial charge < -0.3 is 9.47 Å². The highest BCUT2D eigenvalue weighted by atomic mass is 16.5. The first-order valence-corrected chi connectivity index (χ1v) is 38.2. The van der Waals surface area contributed by atoms with Gasteiger partial charge in [-0.15, -0.1) is 0 Å². The molecule has 2 aliphatic heterocycles. The Balaban J connectivity index is 0.600. The second-order valence-corrected chi connectivity index (χ2v) is 30.4. The summed E-state index contributed by atoms with van der Waals surface area (Å²) in [6.07, 6.45) is 15.0. The van der Waals surface area contributed by atoms with E-state index < -0.39 is 16.2 Å². The van der Waals surface area contributed by atoms with Crippen LogP contribution < -0.4 is 9.47 Å². The smallest absolute Gasteiger partial charge is 0.160 e. The second kappa shape index (κ2) is 24.7. The molecule has 0 fully saturated rings. The summed E-state index contributed by atoms with van der Waals surface area (Å²) in [6, 6.07) is 118. The van der Waals surface area contributed by atoms with E-state index in [1.807, 2.05) is 24.3 Å². The number of fused-ring (bicyclic) bond motifs is 19. The van der Waals surface area contributed by atoms with Gasteiger partial charge in [0.1, 0.15) is 23.0 Å². The van der Waals surface area contributed by atoms with Gasteiger partial charge in [0, 0.05) is 77.7 Å².